The van der Waals surface area contributed by atoms with Gasteiger partial charge in [0, 0.05) is 55.1 Å². The third kappa shape index (κ3) is 9.12. The zero-order valence-electron chi connectivity index (χ0n) is 53.6. The fraction of sp³-hybridized carbons (Fsp3) is 0.100. The SMILES string of the molecule is [2H]c1c([2H])c([2H])c(-c2ccc3c(c2)-c2cccc(-c4ccc(C(C)(C)C)cc4)c2-[n+]2[c-]n(-c4[c-]c(Oc5[c-]c6c(cc5)c5ccccc5n6-c5cc(C(C)(C)C)ccn5)ccc4)c4cc(-c5ccc6oc7ccccc7c6c5)cc(c42)-c2ccccc2-3)c([2H])c1[2H].[Pt]. The number of pyridine rings is 1. The first-order valence-corrected chi connectivity index (χ1v) is 29.1. The van der Waals surface area contributed by atoms with Crippen LogP contribution in [-0.4, -0.2) is 14.1 Å². The number of benzene rings is 11. The van der Waals surface area contributed by atoms with Gasteiger partial charge in [0.2, 0.25) is 0 Å². The standard InChI is InChI=1S/C80H58N4O2.Pt/c1-79(2,3)55-34-30-51(31-35-55)60-26-17-27-67-68-42-52(50-18-8-7-9-19-50)32-37-63(68)61-22-10-11-23-62(61)70-44-54(53-33-39-75-69(43-53)66-25-13-15-29-74(66)86-75)45-73-78(70)83(77(60)67)49-82(73)57-20-16-21-58(47-57)85-59-36-38-65-64-24-12-14-28-71(64)84(72(65)48-59)76-46-56(40-41-81-76)80(4,5)6;/h7-46H,1-6H3;/q-2;/i7D,8D,9D,18D,19D;. The van der Waals surface area contributed by atoms with Gasteiger partial charge in [0.05, 0.1) is 23.6 Å². The Morgan fingerprint density at radius 2 is 1.13 bits per heavy atom. The minimum absolute atomic E-state index is 0. The zero-order chi connectivity index (χ0) is 62.4. The number of para-hydroxylation sites is 3. The van der Waals surface area contributed by atoms with Gasteiger partial charge in [0.15, 0.2) is 0 Å². The molecule has 6 nitrogen and oxygen atoms in total. The average molecular weight is 1310 g/mol. The van der Waals surface area contributed by atoms with Crippen molar-refractivity contribution in [3.63, 3.8) is 0 Å². The molecule has 1 aliphatic rings. The van der Waals surface area contributed by atoms with Crippen LogP contribution in [0, 0.1) is 18.5 Å². The number of furan rings is 1. The molecule has 15 aromatic rings. The van der Waals surface area contributed by atoms with Crippen molar-refractivity contribution < 1.29 is 41.6 Å². The molecule has 0 radical (unpaired) electrons. The summed E-state index contributed by atoms with van der Waals surface area (Å²) in [5, 5.41) is 4.15. The van der Waals surface area contributed by atoms with Crippen LogP contribution in [0.3, 0.4) is 0 Å². The number of aromatic nitrogens is 4. The Bertz CT molecular complexity index is 5530. The predicted molar refractivity (Wildman–Crippen MR) is 351 cm³/mol. The van der Waals surface area contributed by atoms with E-state index in [0.717, 1.165) is 122 Å². The van der Waals surface area contributed by atoms with Crippen molar-refractivity contribution in [3.05, 3.63) is 272 Å². The Morgan fingerprint density at radius 1 is 0.471 bits per heavy atom. The second kappa shape index (κ2) is 20.7. The molecule has 0 atom stereocenters. The third-order valence-corrected chi connectivity index (χ3v) is 17.0. The largest absolute Gasteiger partial charge is 0.510 e. The summed E-state index contributed by atoms with van der Waals surface area (Å²) in [6, 6.07) is 76.8. The maximum atomic E-state index is 9.20. The van der Waals surface area contributed by atoms with E-state index in [1.165, 1.54) is 11.1 Å². The number of imidazole rings is 1. The maximum Gasteiger partial charge on any atom is 0.268 e. The van der Waals surface area contributed by atoms with E-state index in [-0.39, 0.29) is 49.5 Å². The van der Waals surface area contributed by atoms with E-state index in [9.17, 15) is 2.74 Å². The van der Waals surface area contributed by atoms with Crippen LogP contribution in [0.15, 0.2) is 247 Å². The minimum Gasteiger partial charge on any atom is -0.510 e. The molecule has 5 heterocycles. The van der Waals surface area contributed by atoms with Crippen molar-refractivity contribution in [2.24, 2.45) is 0 Å². The quantitative estimate of drug-likeness (QED) is 0.118. The molecule has 87 heavy (non-hydrogen) atoms. The van der Waals surface area contributed by atoms with E-state index in [1.807, 2.05) is 66.9 Å². The summed E-state index contributed by atoms with van der Waals surface area (Å²) in [5.74, 6) is 1.78. The number of fused-ring (bicyclic) bond motifs is 13. The van der Waals surface area contributed by atoms with Crippen molar-refractivity contribution in [2.45, 2.75) is 52.4 Å². The number of hydrogen-bond acceptors (Lipinski definition) is 3. The zero-order valence-corrected chi connectivity index (χ0v) is 50.9. The molecule has 0 aliphatic carbocycles. The second-order valence-corrected chi connectivity index (χ2v) is 24.4. The van der Waals surface area contributed by atoms with E-state index in [2.05, 4.69) is 219 Å². The summed E-state index contributed by atoms with van der Waals surface area (Å²) in [6.07, 6.45) is 5.86. The Hall–Kier alpha value is -9.87. The molecule has 0 unspecified atom stereocenters. The number of nitrogens with zero attached hydrogens (tertiary/aromatic N) is 4. The normalized spacial score (nSPS) is 13.0. The fourth-order valence-electron chi connectivity index (χ4n) is 12.7. The van der Waals surface area contributed by atoms with Crippen LogP contribution in [0.4, 0.5) is 0 Å². The first-order chi connectivity index (χ1) is 43.9. The molecule has 0 bridgehead atoms. The molecule has 0 spiro atoms. The van der Waals surface area contributed by atoms with E-state index < -0.39 is 18.1 Å². The molecule has 0 saturated carbocycles. The monoisotopic (exact) mass is 1310 g/mol. The van der Waals surface area contributed by atoms with Crippen molar-refractivity contribution in [2.75, 3.05) is 0 Å². The van der Waals surface area contributed by atoms with Gasteiger partial charge >= 0.3 is 0 Å². The van der Waals surface area contributed by atoms with E-state index >= 15 is 0 Å². The molecule has 0 N–H and O–H groups in total. The number of hydrogen-bond donors (Lipinski definition) is 0. The minimum atomic E-state index is -0.441. The third-order valence-electron chi connectivity index (χ3n) is 17.0. The van der Waals surface area contributed by atoms with E-state index in [4.69, 9.17) is 18.3 Å². The summed E-state index contributed by atoms with van der Waals surface area (Å²) >= 11 is 0. The van der Waals surface area contributed by atoms with Gasteiger partial charge in [-0.3, -0.25) is 4.57 Å². The van der Waals surface area contributed by atoms with Gasteiger partial charge in [-0.1, -0.05) is 205 Å². The molecular formula is C80H58N4O2Pt-2. The van der Waals surface area contributed by atoms with Crippen molar-refractivity contribution in [3.8, 4) is 95.5 Å². The van der Waals surface area contributed by atoms with Gasteiger partial charge in [-0.05, 0) is 148 Å². The van der Waals surface area contributed by atoms with Gasteiger partial charge in [0.1, 0.15) is 17.0 Å². The van der Waals surface area contributed by atoms with Crippen LogP contribution in [0.5, 0.6) is 11.5 Å². The van der Waals surface area contributed by atoms with Gasteiger partial charge in [-0.15, -0.1) is 29.7 Å². The summed E-state index contributed by atoms with van der Waals surface area (Å²) < 4.78 is 64.1. The van der Waals surface area contributed by atoms with Crippen LogP contribution in [0.1, 0.15) is 59.5 Å². The summed E-state index contributed by atoms with van der Waals surface area (Å²) in [5.41, 5.74) is 18.7. The summed E-state index contributed by atoms with van der Waals surface area (Å²) in [7, 11) is 0. The Balaban J connectivity index is 0.00000702. The molecule has 422 valence electrons. The smallest absolute Gasteiger partial charge is 0.268 e. The predicted octanol–water partition coefficient (Wildman–Crippen LogP) is 20.4. The van der Waals surface area contributed by atoms with Gasteiger partial charge in [-0.25, -0.2) is 4.98 Å². The average Bonchev–Trinajstić information content (AvgIpc) is 1.54. The second-order valence-electron chi connectivity index (χ2n) is 24.4. The van der Waals surface area contributed by atoms with Crippen molar-refractivity contribution in [1.29, 1.82) is 0 Å². The Kier molecular flexibility index (Phi) is 11.5. The Labute approximate surface area is 527 Å². The molecule has 0 fully saturated rings. The van der Waals surface area contributed by atoms with Crippen LogP contribution in [-0.2, 0) is 31.9 Å². The summed E-state index contributed by atoms with van der Waals surface area (Å²) in [6.45, 7) is 13.3. The van der Waals surface area contributed by atoms with Crippen LogP contribution in [0.25, 0.3) is 139 Å². The van der Waals surface area contributed by atoms with Crippen LogP contribution < -0.4 is 9.30 Å². The molecule has 16 rings (SSSR count). The summed E-state index contributed by atoms with van der Waals surface area (Å²) in [4.78, 5) is 4.92. The molecule has 11 aromatic carbocycles. The van der Waals surface area contributed by atoms with Crippen LogP contribution >= 0.6 is 0 Å². The first-order valence-electron chi connectivity index (χ1n) is 31.6. The number of ether oxygens (including phenoxy) is 1. The molecular weight excluding hydrogens is 1240 g/mol. The van der Waals surface area contributed by atoms with Gasteiger partial charge in [-0.2, -0.15) is 18.2 Å². The molecule has 0 saturated heterocycles. The molecule has 7 heteroatoms. The molecule has 1 aliphatic heterocycles. The van der Waals surface area contributed by atoms with Crippen molar-refractivity contribution in [1.82, 2.24) is 14.1 Å². The van der Waals surface area contributed by atoms with Crippen molar-refractivity contribution >= 4 is 54.8 Å². The van der Waals surface area contributed by atoms with Gasteiger partial charge < -0.3 is 18.3 Å². The maximum absolute atomic E-state index is 9.20. The van der Waals surface area contributed by atoms with Gasteiger partial charge in [0.25, 0.3) is 6.33 Å². The van der Waals surface area contributed by atoms with E-state index in [0.29, 0.717) is 22.7 Å². The number of rotatable bonds is 7. The van der Waals surface area contributed by atoms with Crippen LogP contribution in [0.2, 0.25) is 0 Å². The van der Waals surface area contributed by atoms with E-state index in [1.54, 1.807) is 0 Å². The Morgan fingerprint density at radius 3 is 1.94 bits per heavy atom. The molecule has 4 aromatic heterocycles. The fourth-order valence-corrected chi connectivity index (χ4v) is 12.7. The first kappa shape index (κ1) is 48.4. The topological polar surface area (TPSA) is 49.0 Å². The molecule has 0 amide bonds.